The number of nitrogens with zero attached hydrogens (tertiary/aromatic N) is 3. The second-order valence-electron chi connectivity index (χ2n) is 4.84. The van der Waals surface area contributed by atoms with Gasteiger partial charge in [-0.25, -0.2) is 4.98 Å². The fourth-order valence-electron chi connectivity index (χ4n) is 2.21. The van der Waals surface area contributed by atoms with E-state index in [-0.39, 0.29) is 6.10 Å². The van der Waals surface area contributed by atoms with Crippen LogP contribution < -0.4 is 0 Å². The van der Waals surface area contributed by atoms with E-state index in [4.69, 9.17) is 0 Å². The molecule has 0 radical (unpaired) electrons. The Hall–Kier alpha value is -0.870. The van der Waals surface area contributed by atoms with Gasteiger partial charge in [0, 0.05) is 39.0 Å². The van der Waals surface area contributed by atoms with Crippen molar-refractivity contribution in [1.29, 1.82) is 0 Å². The molecular formula is C12H21N3O. The van der Waals surface area contributed by atoms with Gasteiger partial charge in [0.2, 0.25) is 0 Å². The molecule has 1 fully saturated rings. The summed E-state index contributed by atoms with van der Waals surface area (Å²) in [5.74, 6) is 1.57. The van der Waals surface area contributed by atoms with Crippen molar-refractivity contribution < 1.29 is 5.11 Å². The van der Waals surface area contributed by atoms with Gasteiger partial charge in [-0.2, -0.15) is 0 Å². The first-order chi connectivity index (χ1) is 7.66. The average Bonchev–Trinajstić information content (AvgIpc) is 2.66. The maximum absolute atomic E-state index is 9.80. The molecule has 1 aromatic heterocycles. The number of hydrogen-bond acceptors (Lipinski definition) is 3. The van der Waals surface area contributed by atoms with Crippen molar-refractivity contribution in [3.05, 3.63) is 18.2 Å². The minimum absolute atomic E-state index is 0.157. The lowest BCUT2D eigenvalue weighted by Crippen LogP contribution is -2.43. The van der Waals surface area contributed by atoms with E-state index >= 15 is 0 Å². The van der Waals surface area contributed by atoms with Crippen LogP contribution >= 0.6 is 0 Å². The number of hydrogen-bond donors (Lipinski definition) is 1. The second-order valence-corrected chi connectivity index (χ2v) is 4.84. The third kappa shape index (κ3) is 2.62. The van der Waals surface area contributed by atoms with E-state index in [1.54, 1.807) is 0 Å². The van der Waals surface area contributed by atoms with Crippen LogP contribution in [0, 0.1) is 5.92 Å². The Kier molecular flexibility index (Phi) is 3.61. The lowest BCUT2D eigenvalue weighted by molar-refractivity contribution is 0.0295. The highest BCUT2D eigenvalue weighted by atomic mass is 16.3. The molecule has 0 saturated carbocycles. The summed E-state index contributed by atoms with van der Waals surface area (Å²) < 4.78 is 2.06. The lowest BCUT2D eigenvalue weighted by Gasteiger charge is -2.34. The van der Waals surface area contributed by atoms with E-state index in [1.807, 2.05) is 19.4 Å². The molecule has 2 heterocycles. The molecule has 1 aliphatic heterocycles. The first-order valence-electron chi connectivity index (χ1n) is 6.03. The van der Waals surface area contributed by atoms with Gasteiger partial charge in [0.1, 0.15) is 5.82 Å². The molecule has 0 aliphatic carbocycles. The van der Waals surface area contributed by atoms with Gasteiger partial charge >= 0.3 is 0 Å². The summed E-state index contributed by atoms with van der Waals surface area (Å²) in [4.78, 5) is 6.64. The largest absolute Gasteiger partial charge is 0.392 e. The monoisotopic (exact) mass is 223 g/mol. The van der Waals surface area contributed by atoms with Crippen LogP contribution in [-0.4, -0.2) is 45.3 Å². The number of aliphatic hydroxyl groups excluding tert-OH is 1. The summed E-state index contributed by atoms with van der Waals surface area (Å²) in [7, 11) is 2.02. The zero-order chi connectivity index (χ0) is 11.5. The fourth-order valence-corrected chi connectivity index (χ4v) is 2.21. The molecule has 90 valence electrons. The second kappa shape index (κ2) is 4.97. The molecule has 1 N–H and O–H groups in total. The number of piperidine rings is 1. The van der Waals surface area contributed by atoms with Crippen molar-refractivity contribution in [3.63, 3.8) is 0 Å². The van der Waals surface area contributed by atoms with E-state index in [2.05, 4.69) is 21.4 Å². The van der Waals surface area contributed by atoms with Crippen LogP contribution in [0.4, 0.5) is 0 Å². The Balaban J connectivity index is 1.81. The molecule has 0 bridgehead atoms. The van der Waals surface area contributed by atoms with E-state index in [1.165, 1.54) is 0 Å². The van der Waals surface area contributed by atoms with Crippen LogP contribution in [0.1, 0.15) is 19.2 Å². The van der Waals surface area contributed by atoms with Crippen molar-refractivity contribution in [2.45, 2.75) is 25.9 Å². The third-order valence-electron chi connectivity index (χ3n) is 3.58. The Morgan fingerprint density at radius 2 is 2.38 bits per heavy atom. The number of aliphatic hydroxyl groups is 1. The first-order valence-corrected chi connectivity index (χ1v) is 6.03. The van der Waals surface area contributed by atoms with Gasteiger partial charge in [-0.1, -0.05) is 6.92 Å². The van der Waals surface area contributed by atoms with E-state index in [0.717, 1.165) is 38.3 Å². The van der Waals surface area contributed by atoms with Crippen molar-refractivity contribution in [2.24, 2.45) is 13.0 Å². The molecule has 0 spiro atoms. The third-order valence-corrected chi connectivity index (χ3v) is 3.58. The molecule has 2 unspecified atom stereocenters. The molecule has 1 aliphatic rings. The highest BCUT2D eigenvalue weighted by Gasteiger charge is 2.23. The van der Waals surface area contributed by atoms with Gasteiger partial charge in [0.15, 0.2) is 0 Å². The average molecular weight is 223 g/mol. The predicted octanol–water partition coefficient (Wildman–Crippen LogP) is 0.665. The number of aryl methyl sites for hydroxylation is 1. The molecule has 2 atom stereocenters. The van der Waals surface area contributed by atoms with E-state index in [9.17, 15) is 5.11 Å². The van der Waals surface area contributed by atoms with Crippen molar-refractivity contribution in [2.75, 3.05) is 19.6 Å². The minimum atomic E-state index is -0.157. The SMILES string of the molecule is CC1CCN(CCc2nccn2C)CC1O. The Labute approximate surface area is 96.9 Å². The number of rotatable bonds is 3. The summed E-state index contributed by atoms with van der Waals surface area (Å²) in [5, 5.41) is 9.80. The molecule has 1 aromatic rings. The Bertz CT molecular complexity index is 337. The predicted molar refractivity (Wildman–Crippen MR) is 63.1 cm³/mol. The topological polar surface area (TPSA) is 41.3 Å². The lowest BCUT2D eigenvalue weighted by atomic mass is 9.96. The number of β-amino-alcohol motifs (C(OH)–C–C–N with tert-alkyl or cyclic N) is 1. The van der Waals surface area contributed by atoms with Crippen LogP contribution in [-0.2, 0) is 13.5 Å². The van der Waals surface area contributed by atoms with E-state index in [0.29, 0.717) is 5.92 Å². The van der Waals surface area contributed by atoms with Crippen LogP contribution in [0.3, 0.4) is 0 Å². The molecule has 4 heteroatoms. The Morgan fingerprint density at radius 1 is 1.56 bits per heavy atom. The van der Waals surface area contributed by atoms with Crippen molar-refractivity contribution in [1.82, 2.24) is 14.5 Å². The summed E-state index contributed by atoms with van der Waals surface area (Å²) in [6.07, 6.45) is 5.71. The Morgan fingerprint density at radius 3 is 3.00 bits per heavy atom. The molecule has 0 aromatic carbocycles. The molecule has 16 heavy (non-hydrogen) atoms. The maximum atomic E-state index is 9.80. The van der Waals surface area contributed by atoms with Crippen molar-refractivity contribution in [3.8, 4) is 0 Å². The van der Waals surface area contributed by atoms with Gasteiger partial charge in [0.05, 0.1) is 6.10 Å². The standard InChI is InChI=1S/C12H21N3O/c1-10-3-6-15(9-11(10)16)7-4-12-13-5-8-14(12)2/h5,8,10-11,16H,3-4,6-7,9H2,1-2H3. The number of likely N-dealkylation sites (tertiary alicyclic amines) is 1. The zero-order valence-electron chi connectivity index (χ0n) is 10.1. The summed E-state index contributed by atoms with van der Waals surface area (Å²) in [5.41, 5.74) is 0. The summed E-state index contributed by atoms with van der Waals surface area (Å²) in [6, 6.07) is 0. The van der Waals surface area contributed by atoms with Gasteiger partial charge in [0.25, 0.3) is 0 Å². The van der Waals surface area contributed by atoms with Crippen LogP contribution in [0.25, 0.3) is 0 Å². The minimum Gasteiger partial charge on any atom is -0.392 e. The van der Waals surface area contributed by atoms with E-state index < -0.39 is 0 Å². The van der Waals surface area contributed by atoms with Crippen LogP contribution in [0.2, 0.25) is 0 Å². The van der Waals surface area contributed by atoms with Gasteiger partial charge in [-0.3, -0.25) is 0 Å². The summed E-state index contributed by atoms with van der Waals surface area (Å²) in [6.45, 7) is 5.03. The van der Waals surface area contributed by atoms with Crippen molar-refractivity contribution >= 4 is 0 Å². The molecule has 0 amide bonds. The quantitative estimate of drug-likeness (QED) is 0.818. The zero-order valence-corrected chi connectivity index (χ0v) is 10.1. The highest BCUT2D eigenvalue weighted by Crippen LogP contribution is 2.16. The van der Waals surface area contributed by atoms with Crippen LogP contribution in [0.5, 0.6) is 0 Å². The number of aromatic nitrogens is 2. The van der Waals surface area contributed by atoms with Gasteiger partial charge < -0.3 is 14.6 Å². The smallest absolute Gasteiger partial charge is 0.109 e. The molecule has 1 saturated heterocycles. The summed E-state index contributed by atoms with van der Waals surface area (Å²) >= 11 is 0. The maximum Gasteiger partial charge on any atom is 0.109 e. The molecule has 2 rings (SSSR count). The van der Waals surface area contributed by atoms with Crippen LogP contribution in [0.15, 0.2) is 12.4 Å². The molecule has 4 nitrogen and oxygen atoms in total. The highest BCUT2D eigenvalue weighted by molar-refractivity contribution is 4.92. The van der Waals surface area contributed by atoms with Gasteiger partial charge in [-0.05, 0) is 18.9 Å². The fraction of sp³-hybridized carbons (Fsp3) is 0.750. The number of imidazole rings is 1. The molecular weight excluding hydrogens is 202 g/mol. The normalized spacial score (nSPS) is 27.2. The van der Waals surface area contributed by atoms with Gasteiger partial charge in [-0.15, -0.1) is 0 Å². The first kappa shape index (κ1) is 11.6.